The Kier molecular flexibility index (Phi) is 9.05. The van der Waals surface area contributed by atoms with Crippen molar-refractivity contribution in [2.24, 2.45) is 16.9 Å². The van der Waals surface area contributed by atoms with Gasteiger partial charge in [0.2, 0.25) is 5.91 Å². The molecule has 202 valence electrons. The molecule has 0 unspecified atom stereocenters. The summed E-state index contributed by atoms with van der Waals surface area (Å²) in [6.07, 6.45) is 10.4. The van der Waals surface area contributed by atoms with Crippen molar-refractivity contribution >= 4 is 29.9 Å². The van der Waals surface area contributed by atoms with Gasteiger partial charge >= 0.3 is 0 Å². The number of pyridine rings is 1. The minimum Gasteiger partial charge on any atom is -0.490 e. The molecule has 3 heterocycles. The molecule has 0 bridgehead atoms. The van der Waals surface area contributed by atoms with Crippen molar-refractivity contribution < 1.29 is 19.1 Å². The van der Waals surface area contributed by atoms with Gasteiger partial charge in [-0.15, -0.1) is 12.4 Å². The number of allylic oxidation sites excluding steroid dienone is 2. The molecule has 2 amide bonds. The molecule has 1 aromatic carbocycles. The maximum absolute atomic E-state index is 13.6. The van der Waals surface area contributed by atoms with E-state index < -0.39 is 0 Å². The third kappa shape index (κ3) is 5.55. The fourth-order valence-electron chi connectivity index (χ4n) is 5.53. The predicted molar refractivity (Wildman–Crippen MR) is 148 cm³/mol. The number of amides is 2. The van der Waals surface area contributed by atoms with Gasteiger partial charge in [-0.25, -0.2) is 5.01 Å². The lowest BCUT2D eigenvalue weighted by Crippen LogP contribution is -2.52. The zero-order valence-electron chi connectivity index (χ0n) is 21.9. The molecule has 8 nitrogen and oxygen atoms in total. The number of nitrogens with zero attached hydrogens (tertiary/aromatic N) is 4. The van der Waals surface area contributed by atoms with E-state index in [9.17, 15) is 9.59 Å². The average molecular weight is 539 g/mol. The quantitative estimate of drug-likeness (QED) is 0.476. The Morgan fingerprint density at radius 3 is 2.29 bits per heavy atom. The van der Waals surface area contributed by atoms with Gasteiger partial charge in [0, 0.05) is 42.5 Å². The third-order valence-corrected chi connectivity index (χ3v) is 7.41. The van der Waals surface area contributed by atoms with Crippen LogP contribution in [-0.2, 0) is 4.79 Å². The number of carbonyl (C=O) groups excluding carboxylic acids is 2. The Balaban J connectivity index is 0.00000336. The van der Waals surface area contributed by atoms with E-state index in [0.29, 0.717) is 62.6 Å². The number of aromatic nitrogens is 1. The summed E-state index contributed by atoms with van der Waals surface area (Å²) in [4.78, 5) is 32.4. The number of ether oxygens (including phenoxy) is 2. The van der Waals surface area contributed by atoms with Crippen molar-refractivity contribution in [2.75, 3.05) is 26.3 Å². The van der Waals surface area contributed by atoms with Crippen LogP contribution in [0.3, 0.4) is 0 Å². The summed E-state index contributed by atoms with van der Waals surface area (Å²) in [7, 11) is 0. The van der Waals surface area contributed by atoms with Crippen LogP contribution in [0.15, 0.2) is 60.0 Å². The first-order valence-corrected chi connectivity index (χ1v) is 13.3. The van der Waals surface area contributed by atoms with Crippen molar-refractivity contribution in [1.29, 1.82) is 0 Å². The van der Waals surface area contributed by atoms with Gasteiger partial charge < -0.3 is 14.4 Å². The van der Waals surface area contributed by atoms with Crippen molar-refractivity contribution in [3.63, 3.8) is 0 Å². The molecule has 2 aromatic rings. The highest BCUT2D eigenvalue weighted by Gasteiger charge is 2.43. The van der Waals surface area contributed by atoms with Crippen LogP contribution in [0.4, 0.5) is 0 Å². The average Bonchev–Trinajstić information content (AvgIpc) is 2.95. The van der Waals surface area contributed by atoms with Crippen LogP contribution in [0.1, 0.15) is 55.5 Å². The number of halogens is 1. The highest BCUT2D eigenvalue weighted by molar-refractivity contribution is 6.07. The highest BCUT2D eigenvalue weighted by atomic mass is 35.5. The molecule has 9 heteroatoms. The second-order valence-corrected chi connectivity index (χ2v) is 9.61. The fourth-order valence-corrected chi connectivity index (χ4v) is 5.53. The monoisotopic (exact) mass is 538 g/mol. The Morgan fingerprint density at radius 2 is 1.61 bits per heavy atom. The maximum Gasteiger partial charge on any atom is 0.253 e. The normalized spacial score (nSPS) is 21.3. The number of carbonyl (C=O) groups is 2. The number of rotatable bonds is 7. The Labute approximate surface area is 230 Å². The van der Waals surface area contributed by atoms with Gasteiger partial charge in [-0.1, -0.05) is 12.2 Å². The molecule has 0 N–H and O–H groups in total. The summed E-state index contributed by atoms with van der Waals surface area (Å²) in [5.74, 6) is 1.41. The van der Waals surface area contributed by atoms with Crippen LogP contribution in [-0.4, -0.2) is 64.8 Å². The van der Waals surface area contributed by atoms with Gasteiger partial charge in [0.1, 0.15) is 0 Å². The molecule has 38 heavy (non-hydrogen) atoms. The molecule has 0 saturated carbocycles. The first kappa shape index (κ1) is 27.6. The van der Waals surface area contributed by atoms with Crippen LogP contribution in [0.5, 0.6) is 11.5 Å². The lowest BCUT2D eigenvalue weighted by Gasteiger charge is -2.42. The van der Waals surface area contributed by atoms with Gasteiger partial charge in [-0.05, 0) is 69.9 Å². The van der Waals surface area contributed by atoms with Crippen LogP contribution >= 0.6 is 12.4 Å². The maximum atomic E-state index is 13.6. The number of benzene rings is 1. The van der Waals surface area contributed by atoms with Crippen LogP contribution < -0.4 is 9.47 Å². The van der Waals surface area contributed by atoms with E-state index in [1.54, 1.807) is 29.5 Å². The molecule has 0 spiro atoms. The van der Waals surface area contributed by atoms with Crippen molar-refractivity contribution in [2.45, 2.75) is 45.6 Å². The molecule has 1 saturated heterocycles. The van der Waals surface area contributed by atoms with E-state index in [4.69, 9.17) is 14.6 Å². The standard InChI is InChI=1S/C29H34N4O4.ClH/c1-3-36-25-10-9-21(19-26(25)37-4-2)27-23-7-5-6-8-24(23)29(35)33(31-27)22-13-17-32(18-14-22)28(34)20-11-15-30-16-12-20;/h5-6,9-12,15-16,19,22-24H,3-4,7-8,13-14,17-18H2,1-2H3;1H/t23-,24+;/m0./s1. The summed E-state index contributed by atoms with van der Waals surface area (Å²) in [6.45, 7) is 6.17. The molecule has 2 aliphatic heterocycles. The van der Waals surface area contributed by atoms with Crippen LogP contribution in [0.25, 0.3) is 0 Å². The van der Waals surface area contributed by atoms with Crippen LogP contribution in [0, 0.1) is 11.8 Å². The fraction of sp³-hybridized carbons (Fsp3) is 0.448. The number of hydrogen-bond donors (Lipinski definition) is 0. The van der Waals surface area contributed by atoms with Crippen molar-refractivity contribution in [3.8, 4) is 11.5 Å². The number of hydrogen-bond acceptors (Lipinski definition) is 6. The Bertz CT molecular complexity index is 1190. The summed E-state index contributed by atoms with van der Waals surface area (Å²) < 4.78 is 11.6. The topological polar surface area (TPSA) is 84.3 Å². The smallest absolute Gasteiger partial charge is 0.253 e. The van der Waals surface area contributed by atoms with Crippen molar-refractivity contribution in [1.82, 2.24) is 14.9 Å². The molecular weight excluding hydrogens is 504 g/mol. The number of hydrazone groups is 1. The van der Waals surface area contributed by atoms with Gasteiger partial charge in [-0.3, -0.25) is 14.6 Å². The van der Waals surface area contributed by atoms with E-state index in [1.807, 2.05) is 36.9 Å². The minimum absolute atomic E-state index is 0. The third-order valence-electron chi connectivity index (χ3n) is 7.41. The Morgan fingerprint density at radius 1 is 0.947 bits per heavy atom. The van der Waals surface area contributed by atoms with E-state index >= 15 is 0 Å². The van der Waals surface area contributed by atoms with Crippen molar-refractivity contribution in [3.05, 3.63) is 66.0 Å². The molecular formula is C29H35ClN4O4. The van der Waals surface area contributed by atoms with Gasteiger partial charge in [0.15, 0.2) is 11.5 Å². The number of piperidine rings is 1. The van der Waals surface area contributed by atoms with Gasteiger partial charge in [-0.2, -0.15) is 5.10 Å². The predicted octanol–water partition coefficient (Wildman–Crippen LogP) is 4.73. The molecule has 5 rings (SSSR count). The largest absolute Gasteiger partial charge is 0.490 e. The molecule has 1 aliphatic carbocycles. The summed E-state index contributed by atoms with van der Waals surface area (Å²) >= 11 is 0. The van der Waals surface area contributed by atoms with Gasteiger partial charge in [0.25, 0.3) is 5.91 Å². The lowest BCUT2D eigenvalue weighted by molar-refractivity contribution is -0.141. The number of fused-ring (bicyclic) bond motifs is 1. The first-order chi connectivity index (χ1) is 18.1. The second kappa shape index (κ2) is 12.4. The summed E-state index contributed by atoms with van der Waals surface area (Å²) in [6, 6.07) is 9.39. The lowest BCUT2D eigenvalue weighted by atomic mass is 9.76. The molecule has 1 aromatic heterocycles. The van der Waals surface area contributed by atoms with Crippen LogP contribution in [0.2, 0.25) is 0 Å². The van der Waals surface area contributed by atoms with E-state index in [-0.39, 0.29) is 42.1 Å². The summed E-state index contributed by atoms with van der Waals surface area (Å²) in [5, 5.41) is 6.73. The first-order valence-electron chi connectivity index (χ1n) is 13.3. The van der Waals surface area contributed by atoms with E-state index in [1.165, 1.54) is 0 Å². The second-order valence-electron chi connectivity index (χ2n) is 9.61. The summed E-state index contributed by atoms with van der Waals surface area (Å²) in [5.41, 5.74) is 2.52. The minimum atomic E-state index is -0.129. The Hall–Kier alpha value is -3.39. The van der Waals surface area contributed by atoms with E-state index in [0.717, 1.165) is 17.7 Å². The molecule has 0 radical (unpaired) electrons. The SMILES string of the molecule is CCOc1ccc(C2=NN(C3CCN(C(=O)c4ccncc4)CC3)C(=O)[C@@H]3CC=CC[C@H]23)cc1OCC.Cl. The van der Waals surface area contributed by atoms with Gasteiger partial charge in [0.05, 0.1) is 30.9 Å². The molecule has 1 fully saturated rings. The highest BCUT2D eigenvalue weighted by Crippen LogP contribution is 2.38. The molecule has 2 atom stereocenters. The zero-order valence-corrected chi connectivity index (χ0v) is 22.7. The van der Waals surface area contributed by atoms with E-state index in [2.05, 4.69) is 17.1 Å². The molecule has 3 aliphatic rings. The zero-order chi connectivity index (χ0) is 25.8. The number of likely N-dealkylation sites (tertiary alicyclic amines) is 1.